The molecule has 0 spiro atoms. The highest BCUT2D eigenvalue weighted by Crippen LogP contribution is 2.20. The maximum absolute atomic E-state index is 5.94. The lowest BCUT2D eigenvalue weighted by Gasteiger charge is -2.22. The molecule has 0 saturated heterocycles. The molecule has 1 aliphatic carbocycles. The Morgan fingerprint density at radius 3 is 2.71 bits per heavy atom. The van der Waals surface area contributed by atoms with Crippen LogP contribution in [0.4, 0.5) is 0 Å². The summed E-state index contributed by atoms with van der Waals surface area (Å²) in [6, 6.07) is 0. The van der Waals surface area contributed by atoms with E-state index in [1.54, 1.807) is 0 Å². The Balaban J connectivity index is 2.12. The van der Waals surface area contributed by atoms with Crippen LogP contribution in [0.15, 0.2) is 24.3 Å². The average molecular weight is 236 g/mol. The van der Waals surface area contributed by atoms with Gasteiger partial charge in [-0.25, -0.2) is 0 Å². The van der Waals surface area contributed by atoms with Crippen molar-refractivity contribution in [1.29, 1.82) is 0 Å². The molecule has 1 nitrogen and oxygen atoms in total. The maximum Gasteiger partial charge on any atom is 0.0677 e. The summed E-state index contributed by atoms with van der Waals surface area (Å²) in [6.07, 6.45) is 13.9. The predicted octanol–water partition coefficient (Wildman–Crippen LogP) is 4.88. The van der Waals surface area contributed by atoms with E-state index < -0.39 is 0 Å². The quantitative estimate of drug-likeness (QED) is 0.572. The summed E-state index contributed by atoms with van der Waals surface area (Å²) in [5.74, 6) is 0.623. The Kier molecular flexibility index (Phi) is 7.27. The normalized spacial score (nSPS) is 20.2. The minimum Gasteiger partial charge on any atom is -0.374 e. The van der Waals surface area contributed by atoms with Crippen molar-refractivity contribution in [3.05, 3.63) is 24.3 Å². The monoisotopic (exact) mass is 236 g/mol. The summed E-state index contributed by atoms with van der Waals surface area (Å²) in [5.41, 5.74) is 1.38. The van der Waals surface area contributed by atoms with Gasteiger partial charge in [-0.3, -0.25) is 0 Å². The molecular weight excluding hydrogens is 208 g/mol. The highest BCUT2D eigenvalue weighted by molar-refractivity contribution is 4.98. The van der Waals surface area contributed by atoms with Gasteiger partial charge < -0.3 is 4.74 Å². The smallest absolute Gasteiger partial charge is 0.0677 e. The first-order valence-corrected chi connectivity index (χ1v) is 7.12. The van der Waals surface area contributed by atoms with Crippen LogP contribution >= 0.6 is 0 Å². The zero-order valence-electron chi connectivity index (χ0n) is 11.6. The van der Waals surface area contributed by atoms with Crippen LogP contribution in [0.3, 0.4) is 0 Å². The molecule has 0 heterocycles. The van der Waals surface area contributed by atoms with Crippen molar-refractivity contribution in [3.8, 4) is 0 Å². The highest BCUT2D eigenvalue weighted by atomic mass is 16.5. The van der Waals surface area contributed by atoms with Crippen LogP contribution < -0.4 is 0 Å². The molecule has 0 N–H and O–H groups in total. The van der Waals surface area contributed by atoms with E-state index in [9.17, 15) is 0 Å². The molecule has 17 heavy (non-hydrogen) atoms. The molecule has 0 aromatic heterocycles. The van der Waals surface area contributed by atoms with E-state index in [-0.39, 0.29) is 0 Å². The van der Waals surface area contributed by atoms with Gasteiger partial charge in [0.25, 0.3) is 0 Å². The van der Waals surface area contributed by atoms with Crippen molar-refractivity contribution in [3.63, 3.8) is 0 Å². The second kappa shape index (κ2) is 8.52. The number of allylic oxidation sites excluding steroid dienone is 2. The third-order valence-electron chi connectivity index (χ3n) is 3.62. The van der Waals surface area contributed by atoms with Crippen LogP contribution in [0.2, 0.25) is 0 Å². The lowest BCUT2D eigenvalue weighted by atomic mass is 9.98. The number of hydrogen-bond acceptors (Lipinski definition) is 1. The van der Waals surface area contributed by atoms with Crippen molar-refractivity contribution in [2.24, 2.45) is 5.92 Å². The molecule has 0 aromatic rings. The van der Waals surface area contributed by atoms with Gasteiger partial charge in [-0.05, 0) is 38.5 Å². The summed E-state index contributed by atoms with van der Waals surface area (Å²) < 4.78 is 5.94. The molecule has 1 heteroatoms. The molecule has 1 saturated carbocycles. The Bertz CT molecular complexity index is 236. The second-order valence-corrected chi connectivity index (χ2v) is 5.41. The first-order chi connectivity index (χ1) is 8.22. The summed E-state index contributed by atoms with van der Waals surface area (Å²) >= 11 is 0. The van der Waals surface area contributed by atoms with Crippen molar-refractivity contribution < 1.29 is 4.74 Å². The molecule has 98 valence electrons. The lowest BCUT2D eigenvalue weighted by molar-refractivity contribution is 0.0426. The highest BCUT2D eigenvalue weighted by Gasteiger charge is 2.13. The van der Waals surface area contributed by atoms with Gasteiger partial charge in [-0.1, -0.05) is 43.9 Å². The minimum atomic E-state index is 0.527. The van der Waals surface area contributed by atoms with Crippen LogP contribution in [-0.4, -0.2) is 12.7 Å². The molecule has 0 aliphatic heterocycles. The van der Waals surface area contributed by atoms with Gasteiger partial charge in [-0.15, -0.1) is 6.58 Å². The Morgan fingerprint density at radius 1 is 1.35 bits per heavy atom. The summed E-state index contributed by atoms with van der Waals surface area (Å²) in [5, 5.41) is 0. The average Bonchev–Trinajstić information content (AvgIpc) is 2.37. The van der Waals surface area contributed by atoms with E-state index in [1.165, 1.54) is 44.1 Å². The molecule has 0 amide bonds. The molecule has 0 radical (unpaired) electrons. The topological polar surface area (TPSA) is 9.23 Å². The van der Waals surface area contributed by atoms with Gasteiger partial charge in [0.1, 0.15) is 0 Å². The maximum atomic E-state index is 5.94. The van der Waals surface area contributed by atoms with Crippen LogP contribution in [0.5, 0.6) is 0 Å². The number of rotatable bonds is 7. The number of ether oxygens (including phenoxy) is 1. The minimum absolute atomic E-state index is 0.527. The first-order valence-electron chi connectivity index (χ1n) is 7.12. The standard InChI is InChI=1S/C16H28O/c1-4-14(2)9-8-10-15(3)13-17-16-11-6-5-7-12-16/h4,10,14,16H,1,5-9,11-13H2,2-3H3/b15-10+. The van der Waals surface area contributed by atoms with Gasteiger partial charge in [0.15, 0.2) is 0 Å². The summed E-state index contributed by atoms with van der Waals surface area (Å²) in [4.78, 5) is 0. The van der Waals surface area contributed by atoms with Crippen molar-refractivity contribution >= 4 is 0 Å². The summed E-state index contributed by atoms with van der Waals surface area (Å²) in [6.45, 7) is 9.04. The molecule has 0 aromatic carbocycles. The first kappa shape index (κ1) is 14.5. The van der Waals surface area contributed by atoms with Crippen molar-refractivity contribution in [1.82, 2.24) is 0 Å². The SMILES string of the molecule is C=CC(C)CC/C=C(\C)COC1CCCCC1. The molecule has 1 unspecified atom stereocenters. The zero-order chi connectivity index (χ0) is 12.5. The fraction of sp³-hybridized carbons (Fsp3) is 0.750. The fourth-order valence-electron chi connectivity index (χ4n) is 2.25. The van der Waals surface area contributed by atoms with E-state index in [2.05, 4.69) is 26.5 Å². The van der Waals surface area contributed by atoms with Crippen molar-refractivity contribution in [2.75, 3.05) is 6.61 Å². The Morgan fingerprint density at radius 2 is 2.06 bits per heavy atom. The van der Waals surface area contributed by atoms with E-state index in [0.29, 0.717) is 12.0 Å². The van der Waals surface area contributed by atoms with Gasteiger partial charge in [-0.2, -0.15) is 0 Å². The molecule has 1 rings (SSSR count). The zero-order valence-corrected chi connectivity index (χ0v) is 11.6. The molecule has 1 fully saturated rings. The summed E-state index contributed by atoms with van der Waals surface area (Å²) in [7, 11) is 0. The van der Waals surface area contributed by atoms with Gasteiger partial charge in [0.05, 0.1) is 12.7 Å². The molecular formula is C16H28O. The molecule has 1 atom stereocenters. The Hall–Kier alpha value is -0.560. The molecule has 1 aliphatic rings. The lowest BCUT2D eigenvalue weighted by Crippen LogP contribution is -2.17. The van der Waals surface area contributed by atoms with E-state index in [4.69, 9.17) is 4.74 Å². The van der Waals surface area contributed by atoms with Gasteiger partial charge >= 0.3 is 0 Å². The van der Waals surface area contributed by atoms with Crippen molar-refractivity contribution in [2.45, 2.75) is 64.9 Å². The fourth-order valence-corrected chi connectivity index (χ4v) is 2.25. The van der Waals surface area contributed by atoms with E-state index in [0.717, 1.165) is 13.0 Å². The Labute approximate surface area is 107 Å². The number of hydrogen-bond donors (Lipinski definition) is 0. The predicted molar refractivity (Wildman–Crippen MR) is 75.2 cm³/mol. The van der Waals surface area contributed by atoms with E-state index >= 15 is 0 Å². The largest absolute Gasteiger partial charge is 0.374 e. The van der Waals surface area contributed by atoms with Crippen LogP contribution in [0.1, 0.15) is 58.8 Å². The van der Waals surface area contributed by atoms with E-state index in [1.807, 2.05) is 6.08 Å². The van der Waals surface area contributed by atoms with Crippen LogP contribution in [0, 0.1) is 5.92 Å². The van der Waals surface area contributed by atoms with Gasteiger partial charge in [0.2, 0.25) is 0 Å². The second-order valence-electron chi connectivity index (χ2n) is 5.41. The third kappa shape index (κ3) is 6.68. The van der Waals surface area contributed by atoms with Crippen LogP contribution in [-0.2, 0) is 4.74 Å². The molecule has 0 bridgehead atoms. The third-order valence-corrected chi connectivity index (χ3v) is 3.62. The van der Waals surface area contributed by atoms with Gasteiger partial charge in [0, 0.05) is 0 Å². The van der Waals surface area contributed by atoms with Crippen LogP contribution in [0.25, 0.3) is 0 Å².